The molecule has 19 heavy (non-hydrogen) atoms. The first-order valence-corrected chi connectivity index (χ1v) is 6.17. The molecule has 0 aliphatic carbocycles. The maximum atomic E-state index is 12.0. The standard InChI is InChI=1S/C13H16F3NO2/c14-13(15,16)19-11-5-3-9(4-6-11)12-10(8-17)2-1-7-18-12/h3-6,10,12H,1-2,7-8,17H2. The molecule has 0 radical (unpaired) electrons. The van der Waals surface area contributed by atoms with Crippen LogP contribution in [0.15, 0.2) is 24.3 Å². The molecule has 0 bridgehead atoms. The number of benzene rings is 1. The fourth-order valence-corrected chi connectivity index (χ4v) is 2.31. The number of halogens is 3. The summed E-state index contributed by atoms with van der Waals surface area (Å²) in [5, 5.41) is 0. The first-order chi connectivity index (χ1) is 8.99. The van der Waals surface area contributed by atoms with E-state index >= 15 is 0 Å². The Morgan fingerprint density at radius 3 is 2.53 bits per heavy atom. The highest BCUT2D eigenvalue weighted by molar-refractivity contribution is 5.29. The fourth-order valence-electron chi connectivity index (χ4n) is 2.31. The molecule has 1 saturated heterocycles. The lowest BCUT2D eigenvalue weighted by molar-refractivity contribution is -0.274. The number of nitrogens with two attached hydrogens (primary N) is 1. The zero-order valence-electron chi connectivity index (χ0n) is 10.3. The normalized spacial score (nSPS) is 24.2. The number of ether oxygens (including phenoxy) is 2. The molecule has 2 atom stereocenters. The van der Waals surface area contributed by atoms with Gasteiger partial charge in [0.2, 0.25) is 0 Å². The highest BCUT2D eigenvalue weighted by Crippen LogP contribution is 2.34. The summed E-state index contributed by atoms with van der Waals surface area (Å²) in [6.07, 6.45) is -2.86. The van der Waals surface area contributed by atoms with E-state index in [9.17, 15) is 13.2 Å². The van der Waals surface area contributed by atoms with Crippen molar-refractivity contribution in [3.05, 3.63) is 29.8 Å². The van der Waals surface area contributed by atoms with Crippen molar-refractivity contribution in [2.45, 2.75) is 25.3 Å². The number of rotatable bonds is 3. The smallest absolute Gasteiger partial charge is 0.406 e. The van der Waals surface area contributed by atoms with Crippen LogP contribution in [0, 0.1) is 5.92 Å². The number of hydrogen-bond donors (Lipinski definition) is 1. The summed E-state index contributed by atoms with van der Waals surface area (Å²) in [5.74, 6) is -0.0144. The van der Waals surface area contributed by atoms with Crippen LogP contribution in [-0.2, 0) is 4.74 Å². The van der Waals surface area contributed by atoms with E-state index in [0.717, 1.165) is 18.4 Å². The zero-order chi connectivity index (χ0) is 13.9. The molecule has 0 saturated carbocycles. The summed E-state index contributed by atoms with van der Waals surface area (Å²) in [6, 6.07) is 5.79. The number of alkyl halides is 3. The molecule has 6 heteroatoms. The monoisotopic (exact) mass is 275 g/mol. The predicted molar refractivity (Wildman–Crippen MR) is 63.6 cm³/mol. The van der Waals surface area contributed by atoms with Gasteiger partial charge in [-0.05, 0) is 37.1 Å². The van der Waals surface area contributed by atoms with Gasteiger partial charge in [-0.1, -0.05) is 12.1 Å². The SMILES string of the molecule is NCC1CCCOC1c1ccc(OC(F)(F)F)cc1. The minimum atomic E-state index is -4.66. The summed E-state index contributed by atoms with van der Waals surface area (Å²) in [7, 11) is 0. The van der Waals surface area contributed by atoms with Crippen molar-refractivity contribution in [2.75, 3.05) is 13.2 Å². The Morgan fingerprint density at radius 1 is 1.26 bits per heavy atom. The zero-order valence-corrected chi connectivity index (χ0v) is 10.3. The lowest BCUT2D eigenvalue weighted by Crippen LogP contribution is -2.28. The summed E-state index contributed by atoms with van der Waals surface area (Å²) >= 11 is 0. The van der Waals surface area contributed by atoms with E-state index in [1.807, 2.05) is 0 Å². The summed E-state index contributed by atoms with van der Waals surface area (Å²) in [6.45, 7) is 1.16. The second-order valence-electron chi connectivity index (χ2n) is 4.55. The summed E-state index contributed by atoms with van der Waals surface area (Å²) in [5.41, 5.74) is 6.53. The van der Waals surface area contributed by atoms with Crippen LogP contribution in [0.4, 0.5) is 13.2 Å². The molecule has 1 aliphatic rings. The van der Waals surface area contributed by atoms with Gasteiger partial charge in [-0.25, -0.2) is 0 Å². The van der Waals surface area contributed by atoms with Crippen LogP contribution in [0.5, 0.6) is 5.75 Å². The first-order valence-electron chi connectivity index (χ1n) is 6.17. The van der Waals surface area contributed by atoms with Crippen LogP contribution in [0.25, 0.3) is 0 Å². The molecule has 0 spiro atoms. The largest absolute Gasteiger partial charge is 0.573 e. The van der Waals surface area contributed by atoms with Gasteiger partial charge in [0.1, 0.15) is 5.75 Å². The maximum Gasteiger partial charge on any atom is 0.573 e. The van der Waals surface area contributed by atoms with Crippen molar-refractivity contribution in [1.29, 1.82) is 0 Å². The van der Waals surface area contributed by atoms with E-state index in [1.54, 1.807) is 12.1 Å². The average molecular weight is 275 g/mol. The van der Waals surface area contributed by atoms with Gasteiger partial charge in [0.05, 0.1) is 6.10 Å². The van der Waals surface area contributed by atoms with Crippen LogP contribution in [-0.4, -0.2) is 19.5 Å². The summed E-state index contributed by atoms with van der Waals surface area (Å²) < 4.78 is 45.6. The lowest BCUT2D eigenvalue weighted by atomic mass is 9.89. The van der Waals surface area contributed by atoms with E-state index in [0.29, 0.717) is 13.2 Å². The molecule has 0 aromatic heterocycles. The Bertz CT molecular complexity index is 405. The molecule has 106 valence electrons. The van der Waals surface area contributed by atoms with Gasteiger partial charge in [0.15, 0.2) is 0 Å². The minimum Gasteiger partial charge on any atom is -0.406 e. The first kappa shape index (κ1) is 14.1. The second-order valence-corrected chi connectivity index (χ2v) is 4.55. The predicted octanol–water partition coefficient (Wildman–Crippen LogP) is 3.01. The Labute approximate surface area is 109 Å². The van der Waals surface area contributed by atoms with Crippen LogP contribution < -0.4 is 10.5 Å². The molecule has 1 aromatic rings. The Hall–Kier alpha value is -1.27. The van der Waals surface area contributed by atoms with Crippen molar-refractivity contribution >= 4 is 0 Å². The third-order valence-corrected chi connectivity index (χ3v) is 3.19. The van der Waals surface area contributed by atoms with Gasteiger partial charge in [0, 0.05) is 12.5 Å². The molecule has 1 fully saturated rings. The van der Waals surface area contributed by atoms with Crippen molar-refractivity contribution in [3.8, 4) is 5.75 Å². The van der Waals surface area contributed by atoms with E-state index in [-0.39, 0.29) is 17.8 Å². The van der Waals surface area contributed by atoms with Crippen molar-refractivity contribution < 1.29 is 22.6 Å². The maximum absolute atomic E-state index is 12.0. The van der Waals surface area contributed by atoms with Crippen LogP contribution in [0.2, 0.25) is 0 Å². The molecule has 1 heterocycles. The second kappa shape index (κ2) is 5.79. The van der Waals surface area contributed by atoms with Gasteiger partial charge in [0.25, 0.3) is 0 Å². The van der Waals surface area contributed by atoms with Crippen molar-refractivity contribution in [1.82, 2.24) is 0 Å². The van der Waals surface area contributed by atoms with E-state index < -0.39 is 6.36 Å². The fraction of sp³-hybridized carbons (Fsp3) is 0.538. The van der Waals surface area contributed by atoms with Gasteiger partial charge in [-0.3, -0.25) is 0 Å². The minimum absolute atomic E-state index is 0.140. The molecule has 3 nitrogen and oxygen atoms in total. The third kappa shape index (κ3) is 3.84. The van der Waals surface area contributed by atoms with Gasteiger partial charge < -0.3 is 15.2 Å². The average Bonchev–Trinajstić information content (AvgIpc) is 2.38. The Balaban J connectivity index is 2.08. The van der Waals surface area contributed by atoms with Gasteiger partial charge in [-0.2, -0.15) is 0 Å². The summed E-state index contributed by atoms with van der Waals surface area (Å²) in [4.78, 5) is 0. The van der Waals surface area contributed by atoms with Crippen LogP contribution in [0.3, 0.4) is 0 Å². The molecule has 0 amide bonds. The van der Waals surface area contributed by atoms with Gasteiger partial charge in [-0.15, -0.1) is 13.2 Å². The Kier molecular flexibility index (Phi) is 4.31. The molecular weight excluding hydrogens is 259 g/mol. The van der Waals surface area contributed by atoms with Crippen molar-refractivity contribution in [2.24, 2.45) is 11.7 Å². The quantitative estimate of drug-likeness (QED) is 0.922. The van der Waals surface area contributed by atoms with Crippen LogP contribution in [0.1, 0.15) is 24.5 Å². The highest BCUT2D eigenvalue weighted by atomic mass is 19.4. The molecule has 2 N–H and O–H groups in total. The third-order valence-electron chi connectivity index (χ3n) is 3.19. The van der Waals surface area contributed by atoms with Crippen molar-refractivity contribution in [3.63, 3.8) is 0 Å². The molecular formula is C13H16F3NO2. The van der Waals surface area contributed by atoms with E-state index in [4.69, 9.17) is 10.5 Å². The van der Waals surface area contributed by atoms with Crippen LogP contribution >= 0.6 is 0 Å². The lowest BCUT2D eigenvalue weighted by Gasteiger charge is -2.31. The molecule has 1 aromatic carbocycles. The van der Waals surface area contributed by atoms with Gasteiger partial charge >= 0.3 is 6.36 Å². The molecule has 2 unspecified atom stereocenters. The Morgan fingerprint density at radius 2 is 1.95 bits per heavy atom. The molecule has 2 rings (SSSR count). The van der Waals surface area contributed by atoms with E-state index in [1.165, 1.54) is 12.1 Å². The topological polar surface area (TPSA) is 44.5 Å². The molecule has 1 aliphatic heterocycles. The van der Waals surface area contributed by atoms with E-state index in [2.05, 4.69) is 4.74 Å². The highest BCUT2D eigenvalue weighted by Gasteiger charge is 2.31. The number of hydrogen-bond acceptors (Lipinski definition) is 3.